The predicted molar refractivity (Wildman–Crippen MR) is 67.4 cm³/mol. The highest BCUT2D eigenvalue weighted by Crippen LogP contribution is 2.14. The second-order valence-electron chi connectivity index (χ2n) is 3.99. The maximum atomic E-state index is 5.43. The Balaban J connectivity index is 0.00000162. The van der Waals surface area contributed by atoms with Gasteiger partial charge in [0, 0.05) is 0 Å². The molecule has 0 aliphatic heterocycles. The van der Waals surface area contributed by atoms with Crippen LogP contribution in [-0.2, 0) is 6.54 Å². The standard InChI is InChI=1S/C14H19N2O.HI/c1-3-9-15-10-11-16(12-15)13-5-7-14(8-6-13)17-4-2;/h5-8,10-12H,3-4,9H2,1-2H3;1H/q+1;/p-1. The molecule has 0 radical (unpaired) electrons. The zero-order valence-electron chi connectivity index (χ0n) is 10.8. The Labute approximate surface area is 125 Å². The molecule has 0 aliphatic rings. The zero-order valence-corrected chi connectivity index (χ0v) is 13.0. The minimum Gasteiger partial charge on any atom is -1.00 e. The van der Waals surface area contributed by atoms with Crippen LogP contribution in [0.25, 0.3) is 5.69 Å². The molecule has 2 aromatic rings. The summed E-state index contributed by atoms with van der Waals surface area (Å²) < 4.78 is 9.73. The van der Waals surface area contributed by atoms with Crippen LogP contribution in [-0.4, -0.2) is 11.2 Å². The van der Waals surface area contributed by atoms with Gasteiger partial charge in [-0.05, 0) is 37.6 Å². The van der Waals surface area contributed by atoms with E-state index < -0.39 is 0 Å². The number of aromatic nitrogens is 2. The molecule has 3 nitrogen and oxygen atoms in total. The number of imidazole rings is 1. The van der Waals surface area contributed by atoms with Crippen molar-refractivity contribution in [3.63, 3.8) is 0 Å². The molecule has 2 rings (SSSR count). The molecule has 0 spiro atoms. The van der Waals surface area contributed by atoms with Gasteiger partial charge in [-0.15, -0.1) is 0 Å². The largest absolute Gasteiger partial charge is 1.00 e. The molecule has 0 unspecified atom stereocenters. The number of benzene rings is 1. The van der Waals surface area contributed by atoms with E-state index >= 15 is 0 Å². The molecule has 0 fully saturated rings. The van der Waals surface area contributed by atoms with Gasteiger partial charge in [-0.1, -0.05) is 6.92 Å². The summed E-state index contributed by atoms with van der Waals surface area (Å²) in [6.07, 6.45) is 7.43. The summed E-state index contributed by atoms with van der Waals surface area (Å²) in [5, 5.41) is 0. The topological polar surface area (TPSA) is 18.0 Å². The van der Waals surface area contributed by atoms with Crippen LogP contribution in [0.4, 0.5) is 0 Å². The van der Waals surface area contributed by atoms with Gasteiger partial charge in [-0.25, -0.2) is 9.13 Å². The lowest BCUT2D eigenvalue weighted by Crippen LogP contribution is -3.00. The molecule has 0 saturated heterocycles. The van der Waals surface area contributed by atoms with Gasteiger partial charge in [0.05, 0.1) is 13.2 Å². The van der Waals surface area contributed by atoms with Crippen molar-refractivity contribution in [2.24, 2.45) is 0 Å². The van der Waals surface area contributed by atoms with Crippen LogP contribution in [0.5, 0.6) is 5.75 Å². The summed E-state index contributed by atoms with van der Waals surface area (Å²) in [6.45, 7) is 5.94. The summed E-state index contributed by atoms with van der Waals surface area (Å²) in [7, 11) is 0. The highest BCUT2D eigenvalue weighted by molar-refractivity contribution is 5.36. The first-order chi connectivity index (χ1) is 8.33. The second-order valence-corrected chi connectivity index (χ2v) is 3.99. The average Bonchev–Trinajstić information content (AvgIpc) is 2.80. The number of rotatable bonds is 5. The van der Waals surface area contributed by atoms with E-state index in [1.807, 2.05) is 19.1 Å². The number of hydrogen-bond donors (Lipinski definition) is 0. The van der Waals surface area contributed by atoms with Crippen molar-refractivity contribution in [1.82, 2.24) is 4.57 Å². The molecule has 1 aromatic heterocycles. The van der Waals surface area contributed by atoms with Crippen molar-refractivity contribution >= 4 is 0 Å². The van der Waals surface area contributed by atoms with Crippen LogP contribution in [0.1, 0.15) is 20.3 Å². The van der Waals surface area contributed by atoms with Crippen LogP contribution < -0.4 is 33.3 Å². The SMILES string of the molecule is CCC[n+]1ccn(-c2ccc(OCC)cc2)c1.[I-]. The highest BCUT2D eigenvalue weighted by atomic mass is 127. The van der Waals surface area contributed by atoms with E-state index in [9.17, 15) is 0 Å². The van der Waals surface area contributed by atoms with Gasteiger partial charge in [0.25, 0.3) is 0 Å². The van der Waals surface area contributed by atoms with Crippen LogP contribution >= 0.6 is 0 Å². The minimum atomic E-state index is 0. The molecule has 0 saturated carbocycles. The Kier molecular flexibility index (Phi) is 6.18. The van der Waals surface area contributed by atoms with E-state index in [1.165, 1.54) is 0 Å². The van der Waals surface area contributed by atoms with Crippen LogP contribution in [0, 0.1) is 0 Å². The first-order valence-electron chi connectivity index (χ1n) is 6.13. The van der Waals surface area contributed by atoms with Gasteiger partial charge in [-0.3, -0.25) is 0 Å². The van der Waals surface area contributed by atoms with Gasteiger partial charge in [-0.2, -0.15) is 0 Å². The van der Waals surface area contributed by atoms with E-state index in [4.69, 9.17) is 4.74 Å². The molecule has 1 aromatic carbocycles. The van der Waals surface area contributed by atoms with E-state index in [0.29, 0.717) is 6.61 Å². The fourth-order valence-corrected chi connectivity index (χ4v) is 1.82. The first kappa shape index (κ1) is 15.0. The average molecular weight is 358 g/mol. The van der Waals surface area contributed by atoms with E-state index in [2.05, 4.69) is 46.9 Å². The van der Waals surface area contributed by atoms with Gasteiger partial charge in [0.15, 0.2) is 0 Å². The monoisotopic (exact) mass is 358 g/mol. The molecule has 18 heavy (non-hydrogen) atoms. The lowest BCUT2D eigenvalue weighted by atomic mass is 10.3. The van der Waals surface area contributed by atoms with Crippen LogP contribution in [0.3, 0.4) is 0 Å². The van der Waals surface area contributed by atoms with Crippen molar-refractivity contribution < 1.29 is 33.3 Å². The van der Waals surface area contributed by atoms with Crippen molar-refractivity contribution in [3.8, 4) is 11.4 Å². The first-order valence-corrected chi connectivity index (χ1v) is 6.13. The maximum absolute atomic E-state index is 5.43. The molecule has 0 bridgehead atoms. The van der Waals surface area contributed by atoms with Crippen LogP contribution in [0.15, 0.2) is 43.0 Å². The quantitative estimate of drug-likeness (QED) is 0.525. The van der Waals surface area contributed by atoms with Gasteiger partial charge >= 0.3 is 0 Å². The third-order valence-electron chi connectivity index (χ3n) is 2.62. The van der Waals surface area contributed by atoms with E-state index in [0.717, 1.165) is 24.4 Å². The van der Waals surface area contributed by atoms with Gasteiger partial charge < -0.3 is 28.7 Å². The highest BCUT2D eigenvalue weighted by Gasteiger charge is 2.05. The Hall–Kier alpha value is -1.04. The lowest BCUT2D eigenvalue weighted by molar-refractivity contribution is -0.696. The molecular weight excluding hydrogens is 339 g/mol. The maximum Gasteiger partial charge on any atom is 0.248 e. The third-order valence-corrected chi connectivity index (χ3v) is 2.62. The Morgan fingerprint density at radius 1 is 1.17 bits per heavy atom. The Morgan fingerprint density at radius 3 is 2.50 bits per heavy atom. The summed E-state index contributed by atoms with van der Waals surface area (Å²) in [5.41, 5.74) is 1.16. The number of halogens is 1. The van der Waals surface area contributed by atoms with Gasteiger partial charge in [0.2, 0.25) is 6.33 Å². The number of nitrogens with zero attached hydrogens (tertiary/aromatic N) is 2. The fraction of sp³-hybridized carbons (Fsp3) is 0.357. The zero-order chi connectivity index (χ0) is 12.1. The van der Waals surface area contributed by atoms with Gasteiger partial charge in [0.1, 0.15) is 23.8 Å². The van der Waals surface area contributed by atoms with Crippen molar-refractivity contribution in [3.05, 3.63) is 43.0 Å². The normalized spacial score (nSPS) is 9.89. The van der Waals surface area contributed by atoms with E-state index in [-0.39, 0.29) is 24.0 Å². The predicted octanol–water partition coefficient (Wildman–Crippen LogP) is -0.422. The number of ether oxygens (including phenoxy) is 1. The van der Waals surface area contributed by atoms with Crippen molar-refractivity contribution in [1.29, 1.82) is 0 Å². The molecule has 1 heterocycles. The number of aryl methyl sites for hydroxylation is 1. The molecular formula is C14H19IN2O. The van der Waals surface area contributed by atoms with Crippen molar-refractivity contribution in [2.45, 2.75) is 26.8 Å². The molecule has 0 aliphatic carbocycles. The molecule has 98 valence electrons. The Bertz CT molecular complexity index is 465. The minimum absolute atomic E-state index is 0. The fourth-order valence-electron chi connectivity index (χ4n) is 1.82. The lowest BCUT2D eigenvalue weighted by Gasteiger charge is -2.02. The smallest absolute Gasteiger partial charge is 0.248 e. The van der Waals surface area contributed by atoms with E-state index in [1.54, 1.807) is 0 Å². The summed E-state index contributed by atoms with van der Waals surface area (Å²) in [4.78, 5) is 0. The summed E-state index contributed by atoms with van der Waals surface area (Å²) >= 11 is 0. The molecule has 4 heteroatoms. The molecule has 0 N–H and O–H groups in total. The third kappa shape index (κ3) is 3.73. The van der Waals surface area contributed by atoms with Crippen LogP contribution in [0.2, 0.25) is 0 Å². The molecule has 0 atom stereocenters. The number of hydrogen-bond acceptors (Lipinski definition) is 1. The second kappa shape index (κ2) is 7.41. The Morgan fingerprint density at radius 2 is 1.89 bits per heavy atom. The summed E-state index contributed by atoms with van der Waals surface area (Å²) in [6, 6.07) is 8.15. The molecule has 0 amide bonds. The van der Waals surface area contributed by atoms with Crippen molar-refractivity contribution in [2.75, 3.05) is 6.61 Å². The summed E-state index contributed by atoms with van der Waals surface area (Å²) in [5.74, 6) is 0.921.